The van der Waals surface area contributed by atoms with Crippen LogP contribution in [0.3, 0.4) is 0 Å². The fraction of sp³-hybridized carbons (Fsp3) is 0.500. The molecule has 0 radical (unpaired) electrons. The molecule has 1 N–H and O–H groups in total. The maximum atomic E-state index is 9.76. The molecule has 1 aromatic carbocycles. The smallest absolute Gasteiger partial charge is 0.160 e. The largest absolute Gasteiger partial charge is 0.504 e. The lowest BCUT2D eigenvalue weighted by Gasteiger charge is -2.28. The van der Waals surface area contributed by atoms with Crippen LogP contribution in [0, 0.1) is 6.92 Å². The van der Waals surface area contributed by atoms with Crippen LogP contribution in [0.15, 0.2) is 28.8 Å². The quantitative estimate of drug-likeness (QED) is 0.929. The molecule has 0 saturated carbocycles. The van der Waals surface area contributed by atoms with Crippen LogP contribution in [0.5, 0.6) is 11.5 Å². The lowest BCUT2D eigenvalue weighted by Crippen LogP contribution is -2.28. The number of aryl methyl sites for hydroxylation is 1. The number of ether oxygens (including phenoxy) is 1. The second kappa shape index (κ2) is 7.04. The Morgan fingerprint density at radius 2 is 2.17 bits per heavy atom. The van der Waals surface area contributed by atoms with E-state index in [0.29, 0.717) is 5.75 Å². The van der Waals surface area contributed by atoms with E-state index in [9.17, 15) is 5.11 Å². The highest BCUT2D eigenvalue weighted by atomic mass is 16.5. The summed E-state index contributed by atoms with van der Waals surface area (Å²) < 4.78 is 10.8. The lowest BCUT2D eigenvalue weighted by atomic mass is 10.1. The normalized spacial score (nSPS) is 19.5. The van der Waals surface area contributed by atoms with E-state index >= 15 is 0 Å². The predicted molar refractivity (Wildman–Crippen MR) is 87.5 cm³/mol. The Morgan fingerprint density at radius 3 is 2.91 bits per heavy atom. The fourth-order valence-corrected chi connectivity index (χ4v) is 3.27. The number of hydrogen-bond donors (Lipinski definition) is 1. The van der Waals surface area contributed by atoms with Crippen molar-refractivity contribution in [3.8, 4) is 11.5 Å². The summed E-state index contributed by atoms with van der Waals surface area (Å²) in [6, 6.07) is 7.85. The van der Waals surface area contributed by atoms with Gasteiger partial charge in [0, 0.05) is 12.6 Å². The number of aromatic hydroxyl groups is 1. The second-order valence-electron chi connectivity index (χ2n) is 6.21. The van der Waals surface area contributed by atoms with Gasteiger partial charge in [-0.3, -0.25) is 4.90 Å². The Bertz CT molecular complexity index is 653. The monoisotopic (exact) mass is 316 g/mol. The Hall–Kier alpha value is -2.01. The van der Waals surface area contributed by atoms with E-state index < -0.39 is 0 Å². The molecular weight excluding hydrogens is 292 g/mol. The Morgan fingerprint density at radius 1 is 1.30 bits per heavy atom. The molecule has 2 heterocycles. The van der Waals surface area contributed by atoms with Crippen LogP contribution in [0.1, 0.15) is 48.7 Å². The maximum Gasteiger partial charge on any atom is 0.160 e. The summed E-state index contributed by atoms with van der Waals surface area (Å²) in [5.74, 6) is 1.65. The summed E-state index contributed by atoms with van der Waals surface area (Å²) in [6.07, 6.45) is 4.74. The van der Waals surface area contributed by atoms with Crippen molar-refractivity contribution in [1.82, 2.24) is 10.1 Å². The van der Waals surface area contributed by atoms with Gasteiger partial charge >= 0.3 is 0 Å². The molecule has 23 heavy (non-hydrogen) atoms. The fourth-order valence-electron chi connectivity index (χ4n) is 3.27. The van der Waals surface area contributed by atoms with E-state index in [1.165, 1.54) is 19.3 Å². The summed E-state index contributed by atoms with van der Waals surface area (Å²) in [5.41, 5.74) is 2.05. The molecule has 1 aliphatic heterocycles. The molecule has 3 rings (SSSR count). The zero-order chi connectivity index (χ0) is 16.2. The van der Waals surface area contributed by atoms with Crippen molar-refractivity contribution in [2.75, 3.05) is 13.7 Å². The number of phenolic OH excluding ortho intramolecular Hbond substituents is 1. The molecule has 5 nitrogen and oxygen atoms in total. The van der Waals surface area contributed by atoms with Crippen molar-refractivity contribution in [2.24, 2.45) is 0 Å². The first-order valence-corrected chi connectivity index (χ1v) is 8.20. The summed E-state index contributed by atoms with van der Waals surface area (Å²) in [7, 11) is 1.57. The number of methoxy groups -OCH3 is 1. The van der Waals surface area contributed by atoms with Gasteiger partial charge in [-0.1, -0.05) is 24.1 Å². The van der Waals surface area contributed by atoms with Crippen molar-refractivity contribution in [2.45, 2.75) is 45.2 Å². The molecule has 124 valence electrons. The van der Waals surface area contributed by atoms with Crippen LogP contribution >= 0.6 is 0 Å². The van der Waals surface area contributed by atoms with Crippen molar-refractivity contribution >= 4 is 0 Å². The van der Waals surface area contributed by atoms with Crippen LogP contribution in [0.2, 0.25) is 0 Å². The van der Waals surface area contributed by atoms with E-state index in [2.05, 4.69) is 10.1 Å². The van der Waals surface area contributed by atoms with Crippen LogP contribution < -0.4 is 4.74 Å². The standard InChI is InChI=1S/C18H24N2O3/c1-13-10-17(23-19-13)15-6-4-3-5-9-20(15)12-14-7-8-16(21)18(11-14)22-2/h7-8,10-11,15,21H,3-6,9,12H2,1-2H3. The molecule has 0 amide bonds. The average Bonchev–Trinajstić information content (AvgIpc) is 2.84. The first kappa shape index (κ1) is 15.9. The minimum atomic E-state index is 0.175. The average molecular weight is 316 g/mol. The molecule has 1 unspecified atom stereocenters. The first-order chi connectivity index (χ1) is 11.2. The van der Waals surface area contributed by atoms with Gasteiger partial charge in [-0.25, -0.2) is 0 Å². The van der Waals surface area contributed by atoms with Crippen molar-refractivity contribution < 1.29 is 14.4 Å². The summed E-state index contributed by atoms with van der Waals surface area (Å²) in [6.45, 7) is 3.80. The first-order valence-electron chi connectivity index (χ1n) is 8.20. The van der Waals surface area contributed by atoms with Gasteiger partial charge in [0.15, 0.2) is 17.3 Å². The maximum absolute atomic E-state index is 9.76. The lowest BCUT2D eigenvalue weighted by molar-refractivity contribution is 0.160. The summed E-state index contributed by atoms with van der Waals surface area (Å²) >= 11 is 0. The number of benzene rings is 1. The zero-order valence-corrected chi connectivity index (χ0v) is 13.8. The Balaban J connectivity index is 1.82. The molecule has 1 saturated heterocycles. The predicted octanol–water partition coefficient (Wildman–Crippen LogP) is 3.81. The molecule has 0 bridgehead atoms. The van der Waals surface area contributed by atoms with Gasteiger partial charge in [-0.05, 0) is 44.0 Å². The highest BCUT2D eigenvalue weighted by Crippen LogP contribution is 2.33. The van der Waals surface area contributed by atoms with Gasteiger partial charge in [-0.15, -0.1) is 0 Å². The topological polar surface area (TPSA) is 58.7 Å². The van der Waals surface area contributed by atoms with Gasteiger partial charge in [0.1, 0.15) is 0 Å². The van der Waals surface area contributed by atoms with Crippen molar-refractivity contribution in [3.05, 3.63) is 41.3 Å². The number of aromatic nitrogens is 1. The Labute approximate surface area is 136 Å². The van der Waals surface area contributed by atoms with Crippen LogP contribution in [0.4, 0.5) is 0 Å². The molecule has 1 aromatic heterocycles. The zero-order valence-electron chi connectivity index (χ0n) is 13.8. The SMILES string of the molecule is COc1cc(CN2CCCCCC2c2cc(C)no2)ccc1O. The third-order valence-corrected chi connectivity index (χ3v) is 4.47. The molecule has 1 atom stereocenters. The number of hydrogen-bond acceptors (Lipinski definition) is 5. The van der Waals surface area contributed by atoms with Gasteiger partial charge in [-0.2, -0.15) is 0 Å². The van der Waals surface area contributed by atoms with Crippen molar-refractivity contribution in [1.29, 1.82) is 0 Å². The van der Waals surface area contributed by atoms with Gasteiger partial charge in [0.25, 0.3) is 0 Å². The van der Waals surface area contributed by atoms with E-state index in [0.717, 1.165) is 36.5 Å². The van der Waals surface area contributed by atoms with Gasteiger partial charge < -0.3 is 14.4 Å². The number of nitrogens with zero attached hydrogens (tertiary/aromatic N) is 2. The van der Waals surface area contributed by atoms with Gasteiger partial charge in [0.05, 0.1) is 18.8 Å². The highest BCUT2D eigenvalue weighted by molar-refractivity contribution is 5.41. The molecule has 0 aliphatic carbocycles. The Kier molecular flexibility index (Phi) is 4.86. The van der Waals surface area contributed by atoms with E-state index in [1.54, 1.807) is 13.2 Å². The minimum Gasteiger partial charge on any atom is -0.504 e. The highest BCUT2D eigenvalue weighted by Gasteiger charge is 2.26. The van der Waals surface area contributed by atoms with E-state index in [4.69, 9.17) is 9.26 Å². The molecule has 2 aromatic rings. The minimum absolute atomic E-state index is 0.175. The summed E-state index contributed by atoms with van der Waals surface area (Å²) in [5, 5.41) is 13.8. The third kappa shape index (κ3) is 3.67. The van der Waals surface area contributed by atoms with Gasteiger partial charge in [0.2, 0.25) is 0 Å². The molecule has 1 fully saturated rings. The van der Waals surface area contributed by atoms with Crippen LogP contribution in [-0.2, 0) is 6.54 Å². The van der Waals surface area contributed by atoms with E-state index in [1.807, 2.05) is 25.1 Å². The number of phenols is 1. The molecule has 0 spiro atoms. The van der Waals surface area contributed by atoms with Crippen molar-refractivity contribution in [3.63, 3.8) is 0 Å². The second-order valence-corrected chi connectivity index (χ2v) is 6.21. The number of likely N-dealkylation sites (tertiary alicyclic amines) is 1. The molecule has 5 heteroatoms. The molecule has 1 aliphatic rings. The summed E-state index contributed by atoms with van der Waals surface area (Å²) in [4.78, 5) is 2.44. The third-order valence-electron chi connectivity index (χ3n) is 4.47. The van der Waals surface area contributed by atoms with Crippen LogP contribution in [0.25, 0.3) is 0 Å². The van der Waals surface area contributed by atoms with Crippen LogP contribution in [-0.4, -0.2) is 28.8 Å². The van der Waals surface area contributed by atoms with E-state index in [-0.39, 0.29) is 11.8 Å². The number of rotatable bonds is 4. The molecular formula is C18H24N2O3.